The second kappa shape index (κ2) is 11.7. The van der Waals surface area contributed by atoms with Gasteiger partial charge in [-0.3, -0.25) is 14.5 Å². The number of Topliss-reactive ketones (excluding diaryl/α,β-unsaturated/α-hetero) is 1. The Morgan fingerprint density at radius 2 is 1.88 bits per heavy atom. The minimum atomic E-state index is -1.13. The quantitative estimate of drug-likeness (QED) is 0.0794. The molecular weight excluding hydrogens is 577 g/mol. The van der Waals surface area contributed by atoms with Crippen LogP contribution in [0, 0.1) is 5.82 Å². The minimum absolute atomic E-state index is 0.129. The fourth-order valence-corrected chi connectivity index (χ4v) is 6.35. The Morgan fingerprint density at radius 1 is 1.12 bits per heavy atom. The topological polar surface area (TPSA) is 113 Å². The Bertz CT molecular complexity index is 1630. The molecule has 40 heavy (non-hydrogen) atoms. The van der Waals surface area contributed by atoms with E-state index in [-0.39, 0.29) is 34.4 Å². The van der Waals surface area contributed by atoms with E-state index in [4.69, 9.17) is 16.3 Å². The van der Waals surface area contributed by atoms with E-state index in [1.54, 1.807) is 13.0 Å². The van der Waals surface area contributed by atoms with Gasteiger partial charge in [0.1, 0.15) is 11.6 Å². The molecule has 1 aliphatic rings. The maximum Gasteiger partial charge on any atom is 0.301 e. The number of rotatable bonds is 8. The van der Waals surface area contributed by atoms with Crippen molar-refractivity contribution in [2.45, 2.75) is 23.1 Å². The lowest BCUT2D eigenvalue weighted by Crippen LogP contribution is -2.29. The van der Waals surface area contributed by atoms with Crippen LogP contribution in [0.25, 0.3) is 5.76 Å². The molecule has 204 valence electrons. The molecule has 3 aromatic carbocycles. The molecule has 2 heterocycles. The summed E-state index contributed by atoms with van der Waals surface area (Å²) in [5, 5.41) is 30.6. The molecule has 1 atom stereocenters. The number of hydrogen-bond donors (Lipinski definition) is 2. The number of phenolic OH excluding ortho intramolecular Hbond substituents is 1. The smallest absolute Gasteiger partial charge is 0.301 e. The number of anilines is 1. The number of ketones is 1. The van der Waals surface area contributed by atoms with Crippen LogP contribution in [-0.2, 0) is 15.3 Å². The van der Waals surface area contributed by atoms with Crippen molar-refractivity contribution in [1.29, 1.82) is 0 Å². The van der Waals surface area contributed by atoms with E-state index in [0.717, 1.165) is 33.9 Å². The molecular formula is C28H21ClFN3O5S2. The maximum absolute atomic E-state index is 13.6. The highest BCUT2D eigenvalue weighted by Gasteiger charge is 2.48. The number of phenols is 1. The SMILES string of the molecule is CCOc1cc(C2/C(=C(/O)c3ccc(F)cc3)C(=O)C(=O)N2c2nnc(SCc3ccccc3Cl)s2)ccc1O. The van der Waals surface area contributed by atoms with Gasteiger partial charge in [0.25, 0.3) is 5.78 Å². The first-order valence-corrected chi connectivity index (χ1v) is 14.2. The first-order valence-electron chi connectivity index (χ1n) is 12.0. The third-order valence-electron chi connectivity index (χ3n) is 6.07. The summed E-state index contributed by atoms with van der Waals surface area (Å²) in [5.41, 5.74) is 1.22. The Balaban J connectivity index is 1.58. The van der Waals surface area contributed by atoms with Crippen LogP contribution < -0.4 is 9.64 Å². The van der Waals surface area contributed by atoms with Crippen LogP contribution in [0.4, 0.5) is 9.52 Å². The molecule has 8 nitrogen and oxygen atoms in total. The highest BCUT2D eigenvalue weighted by Crippen LogP contribution is 2.45. The van der Waals surface area contributed by atoms with Gasteiger partial charge in [-0.15, -0.1) is 10.2 Å². The molecule has 4 aromatic rings. The summed E-state index contributed by atoms with van der Waals surface area (Å²) in [6.07, 6.45) is 0. The fourth-order valence-electron chi connectivity index (χ4n) is 4.19. The molecule has 5 rings (SSSR count). The van der Waals surface area contributed by atoms with Crippen molar-refractivity contribution in [2.75, 3.05) is 11.5 Å². The predicted octanol–water partition coefficient (Wildman–Crippen LogP) is 6.35. The van der Waals surface area contributed by atoms with E-state index in [2.05, 4.69) is 10.2 Å². The number of aliphatic hydroxyl groups is 1. The Morgan fingerprint density at radius 3 is 2.60 bits per heavy atom. The number of hydrogen-bond acceptors (Lipinski definition) is 9. The van der Waals surface area contributed by atoms with Crippen molar-refractivity contribution >= 4 is 57.3 Å². The van der Waals surface area contributed by atoms with E-state index in [1.165, 1.54) is 42.1 Å². The molecule has 1 saturated heterocycles. The molecule has 0 bridgehead atoms. The van der Waals surface area contributed by atoms with Gasteiger partial charge in [0.05, 0.1) is 18.2 Å². The minimum Gasteiger partial charge on any atom is -0.507 e. The van der Waals surface area contributed by atoms with Gasteiger partial charge >= 0.3 is 5.91 Å². The lowest BCUT2D eigenvalue weighted by Gasteiger charge is -2.23. The van der Waals surface area contributed by atoms with E-state index < -0.39 is 29.3 Å². The summed E-state index contributed by atoms with van der Waals surface area (Å²) in [6.45, 7) is 2.00. The second-order valence-electron chi connectivity index (χ2n) is 8.57. The van der Waals surface area contributed by atoms with Gasteiger partial charge < -0.3 is 14.9 Å². The zero-order valence-electron chi connectivity index (χ0n) is 20.9. The van der Waals surface area contributed by atoms with Gasteiger partial charge in [0.2, 0.25) is 5.13 Å². The molecule has 0 radical (unpaired) electrons. The van der Waals surface area contributed by atoms with Gasteiger partial charge in [0.15, 0.2) is 15.8 Å². The van der Waals surface area contributed by atoms with Crippen molar-refractivity contribution in [1.82, 2.24) is 10.2 Å². The molecule has 0 aliphatic carbocycles. The summed E-state index contributed by atoms with van der Waals surface area (Å²) >= 11 is 8.73. The number of aliphatic hydroxyl groups excluding tert-OH is 1. The largest absolute Gasteiger partial charge is 0.507 e. The van der Waals surface area contributed by atoms with Crippen LogP contribution >= 0.6 is 34.7 Å². The number of carbonyl (C=O) groups is 2. The number of amides is 1. The summed E-state index contributed by atoms with van der Waals surface area (Å²) < 4.78 is 19.6. The van der Waals surface area contributed by atoms with E-state index in [0.29, 0.717) is 20.7 Å². The van der Waals surface area contributed by atoms with Gasteiger partial charge in [-0.25, -0.2) is 4.39 Å². The molecule has 1 fully saturated rings. The molecule has 1 amide bonds. The zero-order chi connectivity index (χ0) is 28.4. The predicted molar refractivity (Wildman–Crippen MR) is 151 cm³/mol. The summed E-state index contributed by atoms with van der Waals surface area (Å²) in [6, 6.07) is 15.6. The van der Waals surface area contributed by atoms with Crippen LogP contribution in [0.1, 0.15) is 29.7 Å². The number of aromatic nitrogens is 2. The number of thioether (sulfide) groups is 1. The Kier molecular flexibility index (Phi) is 8.06. The summed E-state index contributed by atoms with van der Waals surface area (Å²) in [4.78, 5) is 27.9. The highest BCUT2D eigenvalue weighted by atomic mass is 35.5. The van der Waals surface area contributed by atoms with Gasteiger partial charge in [-0.1, -0.05) is 59.0 Å². The van der Waals surface area contributed by atoms with Crippen molar-refractivity contribution in [2.24, 2.45) is 0 Å². The van der Waals surface area contributed by atoms with E-state index in [9.17, 15) is 24.2 Å². The first-order chi connectivity index (χ1) is 19.3. The molecule has 1 aromatic heterocycles. The Labute approximate surface area is 241 Å². The van der Waals surface area contributed by atoms with E-state index >= 15 is 0 Å². The van der Waals surface area contributed by atoms with Crippen molar-refractivity contribution < 1.29 is 28.9 Å². The molecule has 0 spiro atoms. The summed E-state index contributed by atoms with van der Waals surface area (Å²) in [5.74, 6) is -2.34. The van der Waals surface area contributed by atoms with Gasteiger partial charge in [-0.2, -0.15) is 0 Å². The third-order valence-corrected chi connectivity index (χ3v) is 8.55. The van der Waals surface area contributed by atoms with Crippen LogP contribution in [-0.4, -0.2) is 38.7 Å². The maximum atomic E-state index is 13.6. The van der Waals surface area contributed by atoms with Gasteiger partial charge in [-0.05, 0) is 60.5 Å². The number of ether oxygens (including phenoxy) is 1. The van der Waals surface area contributed by atoms with Crippen molar-refractivity contribution in [3.8, 4) is 11.5 Å². The second-order valence-corrected chi connectivity index (χ2v) is 11.2. The third kappa shape index (κ3) is 5.40. The normalized spacial score (nSPS) is 16.5. The Hall–Kier alpha value is -3.93. The highest BCUT2D eigenvalue weighted by molar-refractivity contribution is 8.00. The summed E-state index contributed by atoms with van der Waals surface area (Å²) in [7, 11) is 0. The van der Waals surface area contributed by atoms with Crippen LogP contribution in [0.5, 0.6) is 11.5 Å². The van der Waals surface area contributed by atoms with E-state index in [1.807, 2.05) is 18.2 Å². The molecule has 12 heteroatoms. The van der Waals surface area contributed by atoms with Crippen LogP contribution in [0.2, 0.25) is 5.02 Å². The van der Waals surface area contributed by atoms with Crippen molar-refractivity contribution in [3.63, 3.8) is 0 Å². The number of carbonyl (C=O) groups excluding carboxylic acids is 2. The van der Waals surface area contributed by atoms with Gasteiger partial charge in [0, 0.05) is 16.3 Å². The monoisotopic (exact) mass is 597 g/mol. The number of nitrogens with zero attached hydrogens (tertiary/aromatic N) is 3. The van der Waals surface area contributed by atoms with Crippen LogP contribution in [0.15, 0.2) is 76.6 Å². The van der Waals surface area contributed by atoms with Crippen molar-refractivity contribution in [3.05, 3.63) is 99.8 Å². The standard InChI is InChI=1S/C28H21ClFN3O5S2/c1-2-38-21-13-16(9-12-20(21)34)23-22(24(35)15-7-10-18(30)11-8-15)25(36)26(37)33(23)27-31-32-28(40-27)39-14-17-5-3-4-6-19(17)29/h3-13,23,34-35H,2,14H2,1H3/b24-22-. The zero-order valence-corrected chi connectivity index (χ0v) is 23.3. The number of benzene rings is 3. The number of aromatic hydroxyl groups is 1. The van der Waals surface area contributed by atoms with Crippen LogP contribution in [0.3, 0.4) is 0 Å². The average Bonchev–Trinajstić information content (AvgIpc) is 3.51. The fraction of sp³-hybridized carbons (Fsp3) is 0.143. The number of halogens is 2. The lowest BCUT2D eigenvalue weighted by molar-refractivity contribution is -0.132. The lowest BCUT2D eigenvalue weighted by atomic mass is 9.95. The molecule has 1 unspecified atom stereocenters. The molecule has 0 saturated carbocycles. The first kappa shape index (κ1) is 27.6. The molecule has 2 N–H and O–H groups in total. The average molecular weight is 598 g/mol. The molecule has 1 aliphatic heterocycles.